The number of esters is 1. The Morgan fingerprint density at radius 2 is 2.03 bits per heavy atom. The number of benzene rings is 1. The summed E-state index contributed by atoms with van der Waals surface area (Å²) >= 11 is 8.19. The number of carbonyl (C=O) groups is 2. The number of ether oxygens (including phenoxy) is 1. The van der Waals surface area contributed by atoms with Crippen LogP contribution in [0.25, 0.3) is 22.8 Å². The molecule has 1 amide bonds. The molecule has 32 heavy (non-hydrogen) atoms. The van der Waals surface area contributed by atoms with Gasteiger partial charge in [-0.05, 0) is 43.3 Å². The van der Waals surface area contributed by atoms with Crippen molar-refractivity contribution in [3.05, 3.63) is 58.6 Å². The SMILES string of the molecule is CCOC(=O)c1c(-c2ccco2)csc1NC(=O)CSc1nnc(-c2ccc(Cl)cc2)o1. The van der Waals surface area contributed by atoms with Gasteiger partial charge in [0.05, 0.1) is 18.6 Å². The van der Waals surface area contributed by atoms with E-state index in [1.54, 1.807) is 48.7 Å². The van der Waals surface area contributed by atoms with Crippen molar-refractivity contribution in [1.82, 2.24) is 10.2 Å². The van der Waals surface area contributed by atoms with Crippen LogP contribution in [0.1, 0.15) is 17.3 Å². The molecule has 164 valence electrons. The number of furan rings is 1. The Kier molecular flexibility index (Phi) is 6.93. The van der Waals surface area contributed by atoms with Gasteiger partial charge >= 0.3 is 5.97 Å². The number of hydrogen-bond acceptors (Lipinski definition) is 9. The minimum Gasteiger partial charge on any atom is -0.464 e. The highest BCUT2D eigenvalue weighted by atomic mass is 35.5. The zero-order valence-corrected chi connectivity index (χ0v) is 19.1. The molecule has 0 saturated heterocycles. The molecule has 11 heteroatoms. The number of thioether (sulfide) groups is 1. The van der Waals surface area contributed by atoms with Gasteiger partial charge in [-0.1, -0.05) is 23.4 Å². The van der Waals surface area contributed by atoms with Crippen LogP contribution in [0.4, 0.5) is 5.00 Å². The van der Waals surface area contributed by atoms with Crippen LogP contribution in [0.2, 0.25) is 5.02 Å². The third kappa shape index (κ3) is 5.04. The first-order valence-corrected chi connectivity index (χ1v) is 11.6. The van der Waals surface area contributed by atoms with Gasteiger partial charge in [0, 0.05) is 21.5 Å². The number of hydrogen-bond donors (Lipinski definition) is 1. The molecule has 3 heterocycles. The molecule has 0 aliphatic rings. The van der Waals surface area contributed by atoms with E-state index in [2.05, 4.69) is 15.5 Å². The maximum atomic E-state index is 12.5. The number of rotatable bonds is 8. The second-order valence-corrected chi connectivity index (χ2v) is 8.51. The summed E-state index contributed by atoms with van der Waals surface area (Å²) in [5, 5.41) is 13.7. The smallest absolute Gasteiger partial charge is 0.341 e. The van der Waals surface area contributed by atoms with Crippen molar-refractivity contribution in [2.24, 2.45) is 0 Å². The van der Waals surface area contributed by atoms with Crippen LogP contribution >= 0.6 is 34.7 Å². The molecular formula is C21H16ClN3O5S2. The second kappa shape index (κ2) is 10.0. The van der Waals surface area contributed by atoms with Crippen molar-refractivity contribution in [2.75, 3.05) is 17.7 Å². The molecule has 0 aliphatic carbocycles. The Balaban J connectivity index is 1.43. The number of thiophene rings is 1. The minimum absolute atomic E-state index is 0.0124. The molecule has 0 aliphatic heterocycles. The standard InChI is InChI=1S/C21H16ClN3O5S2/c1-2-28-20(27)17-14(15-4-3-9-29-15)10-31-19(17)23-16(26)11-32-21-25-24-18(30-21)12-5-7-13(22)8-6-12/h3-10H,2,11H2,1H3,(H,23,26). The van der Waals surface area contributed by atoms with Crippen LogP contribution in [0.15, 0.2) is 62.1 Å². The fourth-order valence-electron chi connectivity index (χ4n) is 2.74. The average Bonchev–Trinajstić information content (AvgIpc) is 3.53. The predicted octanol–water partition coefficient (Wildman–Crippen LogP) is 5.62. The maximum absolute atomic E-state index is 12.5. The molecule has 4 aromatic rings. The van der Waals surface area contributed by atoms with Gasteiger partial charge in [0.15, 0.2) is 0 Å². The summed E-state index contributed by atoms with van der Waals surface area (Å²) in [5.41, 5.74) is 1.54. The molecule has 0 atom stereocenters. The Morgan fingerprint density at radius 3 is 2.75 bits per heavy atom. The van der Waals surface area contributed by atoms with Gasteiger partial charge in [-0.15, -0.1) is 21.5 Å². The summed E-state index contributed by atoms with van der Waals surface area (Å²) in [6.07, 6.45) is 1.51. The monoisotopic (exact) mass is 489 g/mol. The molecule has 0 bridgehead atoms. The van der Waals surface area contributed by atoms with Gasteiger partial charge in [-0.25, -0.2) is 4.79 Å². The van der Waals surface area contributed by atoms with Crippen molar-refractivity contribution in [3.63, 3.8) is 0 Å². The topological polar surface area (TPSA) is 107 Å². The highest BCUT2D eigenvalue weighted by molar-refractivity contribution is 7.99. The normalized spacial score (nSPS) is 10.8. The molecule has 4 rings (SSSR count). The predicted molar refractivity (Wildman–Crippen MR) is 122 cm³/mol. The lowest BCUT2D eigenvalue weighted by molar-refractivity contribution is -0.113. The van der Waals surface area contributed by atoms with E-state index in [4.69, 9.17) is 25.2 Å². The first-order valence-electron chi connectivity index (χ1n) is 9.39. The fourth-order valence-corrected chi connectivity index (χ4v) is 4.38. The lowest BCUT2D eigenvalue weighted by Gasteiger charge is -2.07. The zero-order chi connectivity index (χ0) is 22.5. The van der Waals surface area contributed by atoms with E-state index in [1.165, 1.54) is 17.6 Å². The number of aromatic nitrogens is 2. The Labute approximate surface area is 195 Å². The Hall–Kier alpha value is -3.08. The summed E-state index contributed by atoms with van der Waals surface area (Å²) in [7, 11) is 0. The van der Waals surface area contributed by atoms with Gasteiger partial charge in [0.1, 0.15) is 16.3 Å². The quantitative estimate of drug-likeness (QED) is 0.251. The Bertz CT molecular complexity index is 1220. The van der Waals surface area contributed by atoms with Gasteiger partial charge in [0.25, 0.3) is 5.22 Å². The summed E-state index contributed by atoms with van der Waals surface area (Å²) in [6.45, 7) is 1.93. The van der Waals surface area contributed by atoms with Crippen LogP contribution in [-0.2, 0) is 9.53 Å². The molecule has 0 spiro atoms. The summed E-state index contributed by atoms with van der Waals surface area (Å²) in [5.74, 6) is -0.0130. The van der Waals surface area contributed by atoms with Crippen LogP contribution in [0.3, 0.4) is 0 Å². The number of carbonyl (C=O) groups excluding carboxylic acids is 2. The number of halogens is 1. The summed E-state index contributed by atoms with van der Waals surface area (Å²) in [6, 6.07) is 10.4. The van der Waals surface area contributed by atoms with E-state index >= 15 is 0 Å². The number of nitrogens with one attached hydrogen (secondary N) is 1. The third-order valence-corrected chi connectivity index (χ3v) is 6.10. The molecule has 0 unspecified atom stereocenters. The van der Waals surface area contributed by atoms with Crippen molar-refractivity contribution in [1.29, 1.82) is 0 Å². The maximum Gasteiger partial charge on any atom is 0.341 e. The van der Waals surface area contributed by atoms with E-state index in [9.17, 15) is 9.59 Å². The first kappa shape index (κ1) is 22.1. The van der Waals surface area contributed by atoms with E-state index in [0.717, 1.165) is 17.3 Å². The molecule has 3 aromatic heterocycles. The molecule has 0 radical (unpaired) electrons. The van der Waals surface area contributed by atoms with Crippen LogP contribution in [0.5, 0.6) is 0 Å². The fraction of sp³-hybridized carbons (Fsp3) is 0.143. The lowest BCUT2D eigenvalue weighted by atomic mass is 10.1. The molecule has 0 fully saturated rings. The van der Waals surface area contributed by atoms with Gasteiger partial charge in [-0.2, -0.15) is 0 Å². The number of anilines is 1. The van der Waals surface area contributed by atoms with Gasteiger partial charge < -0.3 is 18.9 Å². The van der Waals surface area contributed by atoms with Crippen LogP contribution in [0, 0.1) is 0 Å². The third-order valence-electron chi connectivity index (χ3n) is 4.13. The highest BCUT2D eigenvalue weighted by Crippen LogP contribution is 2.36. The highest BCUT2D eigenvalue weighted by Gasteiger charge is 2.24. The molecule has 1 aromatic carbocycles. The molecule has 8 nitrogen and oxygen atoms in total. The van der Waals surface area contributed by atoms with Crippen LogP contribution in [-0.4, -0.2) is 34.4 Å². The zero-order valence-electron chi connectivity index (χ0n) is 16.7. The number of nitrogens with zero attached hydrogens (tertiary/aromatic N) is 2. The van der Waals surface area contributed by atoms with Crippen molar-refractivity contribution >= 4 is 51.6 Å². The summed E-state index contributed by atoms with van der Waals surface area (Å²) < 4.78 is 16.2. The Morgan fingerprint density at radius 1 is 1.22 bits per heavy atom. The lowest BCUT2D eigenvalue weighted by Crippen LogP contribution is -2.16. The van der Waals surface area contributed by atoms with Crippen molar-refractivity contribution < 1.29 is 23.2 Å². The van der Waals surface area contributed by atoms with E-state index in [0.29, 0.717) is 27.2 Å². The van der Waals surface area contributed by atoms with Gasteiger partial charge in [-0.3, -0.25) is 4.79 Å². The first-order chi connectivity index (χ1) is 15.5. The molecule has 0 saturated carbocycles. The van der Waals surface area contributed by atoms with Crippen LogP contribution < -0.4 is 5.32 Å². The second-order valence-electron chi connectivity index (χ2n) is 6.27. The summed E-state index contributed by atoms with van der Waals surface area (Å²) in [4.78, 5) is 25.0. The van der Waals surface area contributed by atoms with Crippen molar-refractivity contribution in [2.45, 2.75) is 12.1 Å². The van der Waals surface area contributed by atoms with E-state index in [-0.39, 0.29) is 29.1 Å². The van der Waals surface area contributed by atoms with Crippen molar-refractivity contribution in [3.8, 4) is 22.8 Å². The van der Waals surface area contributed by atoms with Gasteiger partial charge in [0.2, 0.25) is 11.8 Å². The average molecular weight is 490 g/mol. The molecule has 1 N–H and O–H groups in total. The largest absolute Gasteiger partial charge is 0.464 e. The van der Waals surface area contributed by atoms with E-state index in [1.807, 2.05) is 0 Å². The molecular weight excluding hydrogens is 474 g/mol. The number of amides is 1. The minimum atomic E-state index is -0.535. The van der Waals surface area contributed by atoms with E-state index < -0.39 is 5.97 Å².